The second-order valence-corrected chi connectivity index (χ2v) is 6.04. The van der Waals surface area contributed by atoms with Crippen molar-refractivity contribution in [3.8, 4) is 0 Å². The zero-order valence-electron chi connectivity index (χ0n) is 10.7. The zero-order valence-corrected chi connectivity index (χ0v) is 12.3. The van der Waals surface area contributed by atoms with E-state index >= 15 is 0 Å². The number of hydrogen-bond acceptors (Lipinski definition) is 4. The number of anilines is 1. The molecule has 2 fully saturated rings. The summed E-state index contributed by atoms with van der Waals surface area (Å²) in [5.41, 5.74) is 0.703. The third-order valence-electron chi connectivity index (χ3n) is 4.01. The average molecular weight is 337 g/mol. The van der Waals surface area contributed by atoms with Gasteiger partial charge in [-0.25, -0.2) is 14.3 Å². The highest BCUT2D eigenvalue weighted by Gasteiger charge is 2.44. The van der Waals surface area contributed by atoms with Crippen molar-refractivity contribution in [2.75, 3.05) is 4.90 Å². The van der Waals surface area contributed by atoms with E-state index in [4.69, 9.17) is 4.74 Å². The number of aromatic nitrogens is 3. The topological polar surface area (TPSA) is 59.7 Å². The molecule has 1 saturated carbocycles. The molecule has 104 valence electrons. The zero-order chi connectivity index (χ0) is 13.7. The molecule has 0 N–H and O–H groups in total. The molecule has 6 nitrogen and oxygen atoms in total. The van der Waals surface area contributed by atoms with Crippen LogP contribution in [-0.2, 0) is 4.74 Å². The molecule has 7 heteroatoms. The molecule has 3 heterocycles. The minimum Gasteiger partial charge on any atom is -0.444 e. The van der Waals surface area contributed by atoms with Crippen LogP contribution in [0.2, 0.25) is 0 Å². The van der Waals surface area contributed by atoms with Crippen LogP contribution in [0.1, 0.15) is 25.7 Å². The van der Waals surface area contributed by atoms with Crippen LogP contribution in [0.25, 0.3) is 5.65 Å². The summed E-state index contributed by atoms with van der Waals surface area (Å²) in [6.45, 7) is 0. The highest BCUT2D eigenvalue weighted by atomic mass is 79.9. The number of carbonyl (C=O) groups is 1. The fourth-order valence-electron chi connectivity index (χ4n) is 3.06. The molecule has 1 amide bonds. The Bertz CT molecular complexity index is 686. The lowest BCUT2D eigenvalue weighted by molar-refractivity contribution is 0.113. The lowest BCUT2D eigenvalue weighted by Crippen LogP contribution is -2.39. The van der Waals surface area contributed by atoms with Crippen molar-refractivity contribution >= 4 is 33.5 Å². The van der Waals surface area contributed by atoms with Gasteiger partial charge in [0.05, 0.1) is 16.7 Å². The maximum absolute atomic E-state index is 12.1. The first kappa shape index (κ1) is 12.1. The predicted molar refractivity (Wildman–Crippen MR) is 75.7 cm³/mol. The molecule has 2 aliphatic rings. The van der Waals surface area contributed by atoms with Crippen LogP contribution < -0.4 is 4.90 Å². The number of hydrogen-bond donors (Lipinski definition) is 0. The van der Waals surface area contributed by atoms with Gasteiger partial charge in [0.25, 0.3) is 0 Å². The first-order valence-corrected chi connectivity index (χ1v) is 7.53. The van der Waals surface area contributed by atoms with Crippen LogP contribution in [-0.4, -0.2) is 32.8 Å². The van der Waals surface area contributed by atoms with Gasteiger partial charge in [-0.05, 0) is 41.3 Å². The number of carbonyl (C=O) groups excluding carboxylic acids is 1. The lowest BCUT2D eigenvalue weighted by atomic mass is 9.92. The Hall–Kier alpha value is -1.63. The van der Waals surface area contributed by atoms with E-state index in [2.05, 4.69) is 26.0 Å². The van der Waals surface area contributed by atoms with Crippen LogP contribution >= 0.6 is 15.9 Å². The standard InChI is InChI=1S/C13H13BrN4O2/c14-8-7-15-17-6-5-11(16-12(8)17)18-9-3-1-2-4-10(9)20-13(18)19/h5-7,9-10H,1-4H2/t9-,10+/m0/s1. The Kier molecular flexibility index (Phi) is 2.70. The van der Waals surface area contributed by atoms with Gasteiger partial charge in [-0.1, -0.05) is 6.42 Å². The summed E-state index contributed by atoms with van der Waals surface area (Å²) in [4.78, 5) is 18.4. The third kappa shape index (κ3) is 1.72. The summed E-state index contributed by atoms with van der Waals surface area (Å²) in [7, 11) is 0. The molecule has 1 aliphatic carbocycles. The van der Waals surface area contributed by atoms with E-state index in [-0.39, 0.29) is 18.2 Å². The normalized spacial score (nSPS) is 25.9. The third-order valence-corrected chi connectivity index (χ3v) is 4.57. The van der Waals surface area contributed by atoms with Crippen molar-refractivity contribution in [2.24, 2.45) is 0 Å². The minimum atomic E-state index is -0.283. The van der Waals surface area contributed by atoms with Gasteiger partial charge in [0.15, 0.2) is 5.65 Å². The van der Waals surface area contributed by atoms with E-state index in [1.807, 2.05) is 12.3 Å². The maximum atomic E-state index is 12.1. The summed E-state index contributed by atoms with van der Waals surface area (Å²) in [5, 5.41) is 4.16. The van der Waals surface area contributed by atoms with Gasteiger partial charge < -0.3 is 4.74 Å². The van der Waals surface area contributed by atoms with Crippen LogP contribution in [0.3, 0.4) is 0 Å². The van der Waals surface area contributed by atoms with E-state index in [0.29, 0.717) is 11.5 Å². The molecule has 4 rings (SSSR count). The SMILES string of the molecule is O=C1O[C@@H]2CCCC[C@@H]2N1c1ccn2ncc(Br)c2n1. The highest BCUT2D eigenvalue weighted by Crippen LogP contribution is 2.34. The van der Waals surface area contributed by atoms with Gasteiger partial charge in [0.2, 0.25) is 0 Å². The largest absolute Gasteiger partial charge is 0.444 e. The highest BCUT2D eigenvalue weighted by molar-refractivity contribution is 9.10. The quantitative estimate of drug-likeness (QED) is 0.803. The van der Waals surface area contributed by atoms with E-state index in [0.717, 1.165) is 30.2 Å². The number of ether oxygens (including phenoxy) is 1. The molecule has 2 atom stereocenters. The molecule has 1 saturated heterocycles. The monoisotopic (exact) mass is 336 g/mol. The molecule has 2 aromatic heterocycles. The number of nitrogens with zero attached hydrogens (tertiary/aromatic N) is 4. The number of rotatable bonds is 1. The molecule has 20 heavy (non-hydrogen) atoms. The minimum absolute atomic E-state index is 0.0163. The van der Waals surface area contributed by atoms with Crippen molar-refractivity contribution in [2.45, 2.75) is 37.8 Å². The molecule has 0 bridgehead atoms. The van der Waals surface area contributed by atoms with Crippen molar-refractivity contribution in [1.82, 2.24) is 14.6 Å². The first-order chi connectivity index (χ1) is 9.74. The Labute approximate surface area is 123 Å². The van der Waals surface area contributed by atoms with E-state index in [9.17, 15) is 4.79 Å². The van der Waals surface area contributed by atoms with Gasteiger partial charge in [0.1, 0.15) is 11.9 Å². The van der Waals surface area contributed by atoms with Crippen molar-refractivity contribution in [3.05, 3.63) is 22.9 Å². The average Bonchev–Trinajstić information content (AvgIpc) is 2.98. The molecule has 2 aromatic rings. The Morgan fingerprint density at radius 1 is 1.35 bits per heavy atom. The molecular formula is C13H13BrN4O2. The fraction of sp³-hybridized carbons (Fsp3) is 0.462. The molecule has 0 aromatic carbocycles. The smallest absolute Gasteiger partial charge is 0.416 e. The molecule has 0 unspecified atom stereocenters. The lowest BCUT2D eigenvalue weighted by Gasteiger charge is -2.27. The fourth-order valence-corrected chi connectivity index (χ4v) is 3.42. The van der Waals surface area contributed by atoms with Crippen LogP contribution in [0, 0.1) is 0 Å². The van der Waals surface area contributed by atoms with Gasteiger partial charge in [0, 0.05) is 6.20 Å². The molecular weight excluding hydrogens is 324 g/mol. The Balaban J connectivity index is 1.77. The van der Waals surface area contributed by atoms with Crippen LogP contribution in [0.15, 0.2) is 22.9 Å². The number of amides is 1. The first-order valence-electron chi connectivity index (χ1n) is 6.74. The van der Waals surface area contributed by atoms with Gasteiger partial charge in [-0.2, -0.15) is 5.10 Å². The van der Waals surface area contributed by atoms with E-state index in [1.54, 1.807) is 15.6 Å². The Morgan fingerprint density at radius 2 is 2.20 bits per heavy atom. The summed E-state index contributed by atoms with van der Waals surface area (Å²) in [5.74, 6) is 0.637. The number of fused-ring (bicyclic) bond motifs is 2. The molecule has 1 aliphatic heterocycles. The van der Waals surface area contributed by atoms with Crippen LogP contribution in [0.5, 0.6) is 0 Å². The number of halogens is 1. The van der Waals surface area contributed by atoms with Crippen molar-refractivity contribution in [3.63, 3.8) is 0 Å². The summed E-state index contributed by atoms with van der Waals surface area (Å²) in [6.07, 6.45) is 7.42. The second-order valence-electron chi connectivity index (χ2n) is 5.19. The van der Waals surface area contributed by atoms with Gasteiger partial charge in [-0.15, -0.1) is 0 Å². The van der Waals surface area contributed by atoms with Gasteiger partial charge >= 0.3 is 6.09 Å². The van der Waals surface area contributed by atoms with Crippen molar-refractivity contribution < 1.29 is 9.53 Å². The van der Waals surface area contributed by atoms with E-state index < -0.39 is 0 Å². The van der Waals surface area contributed by atoms with Gasteiger partial charge in [-0.3, -0.25) is 4.90 Å². The maximum Gasteiger partial charge on any atom is 0.416 e. The molecule has 0 radical (unpaired) electrons. The molecule has 0 spiro atoms. The van der Waals surface area contributed by atoms with Crippen LogP contribution in [0.4, 0.5) is 10.6 Å². The Morgan fingerprint density at radius 3 is 3.10 bits per heavy atom. The van der Waals surface area contributed by atoms with E-state index in [1.165, 1.54) is 0 Å². The summed E-state index contributed by atoms with van der Waals surface area (Å²) in [6, 6.07) is 1.93. The predicted octanol–water partition coefficient (Wildman–Crippen LogP) is 2.76. The summed E-state index contributed by atoms with van der Waals surface area (Å²) < 4.78 is 7.95. The second kappa shape index (κ2) is 4.44. The van der Waals surface area contributed by atoms with Crippen molar-refractivity contribution in [1.29, 1.82) is 0 Å². The summed E-state index contributed by atoms with van der Waals surface area (Å²) >= 11 is 3.41.